The van der Waals surface area contributed by atoms with E-state index in [0.717, 1.165) is 19.6 Å². The van der Waals surface area contributed by atoms with Crippen LogP contribution in [0.5, 0.6) is 0 Å². The standard InChI is InChI=1S/C11H16N2S/c1-14-9-8-13-7-6-12-10-4-2-3-5-11(10)13/h2-5,12H,6-9H2,1H3. The molecule has 0 aliphatic carbocycles. The lowest BCUT2D eigenvalue weighted by atomic mass is 10.2. The number of nitrogens with zero attached hydrogens (tertiary/aromatic N) is 1. The highest BCUT2D eigenvalue weighted by Gasteiger charge is 2.14. The quantitative estimate of drug-likeness (QED) is 0.820. The van der Waals surface area contributed by atoms with Crippen LogP contribution < -0.4 is 10.2 Å². The first-order valence-corrected chi connectivity index (χ1v) is 6.38. The van der Waals surface area contributed by atoms with Crippen LogP contribution >= 0.6 is 11.8 Å². The van der Waals surface area contributed by atoms with E-state index >= 15 is 0 Å². The molecule has 0 aromatic heterocycles. The Labute approximate surface area is 89.7 Å². The van der Waals surface area contributed by atoms with Crippen LogP contribution in [0.3, 0.4) is 0 Å². The van der Waals surface area contributed by atoms with Crippen LogP contribution in [0.4, 0.5) is 11.4 Å². The van der Waals surface area contributed by atoms with Crippen LogP contribution in [0.1, 0.15) is 0 Å². The van der Waals surface area contributed by atoms with Crippen molar-refractivity contribution >= 4 is 23.1 Å². The summed E-state index contributed by atoms with van der Waals surface area (Å²) < 4.78 is 0. The molecular formula is C11H16N2S. The van der Waals surface area contributed by atoms with Crippen molar-refractivity contribution in [2.24, 2.45) is 0 Å². The van der Waals surface area contributed by atoms with Gasteiger partial charge in [0.15, 0.2) is 0 Å². The van der Waals surface area contributed by atoms with Crippen molar-refractivity contribution in [2.75, 3.05) is 41.9 Å². The largest absolute Gasteiger partial charge is 0.382 e. The number of rotatable bonds is 3. The number of nitrogens with one attached hydrogen (secondary N) is 1. The van der Waals surface area contributed by atoms with Crippen molar-refractivity contribution in [3.63, 3.8) is 0 Å². The Morgan fingerprint density at radius 2 is 2.29 bits per heavy atom. The minimum atomic E-state index is 1.06. The maximum atomic E-state index is 3.42. The fourth-order valence-electron chi connectivity index (χ4n) is 1.78. The van der Waals surface area contributed by atoms with E-state index in [1.165, 1.54) is 17.1 Å². The van der Waals surface area contributed by atoms with Gasteiger partial charge in [-0.25, -0.2) is 0 Å². The summed E-state index contributed by atoms with van der Waals surface area (Å²) >= 11 is 1.91. The Morgan fingerprint density at radius 3 is 3.14 bits per heavy atom. The van der Waals surface area contributed by atoms with Crippen LogP contribution in [0.2, 0.25) is 0 Å². The molecule has 2 rings (SSSR count). The average Bonchev–Trinajstić information content (AvgIpc) is 2.26. The van der Waals surface area contributed by atoms with Gasteiger partial charge in [-0.2, -0.15) is 11.8 Å². The Kier molecular flexibility index (Phi) is 3.19. The van der Waals surface area contributed by atoms with Crippen LogP contribution in [0, 0.1) is 0 Å². The zero-order valence-electron chi connectivity index (χ0n) is 8.49. The van der Waals surface area contributed by atoms with Gasteiger partial charge in [0, 0.05) is 25.4 Å². The van der Waals surface area contributed by atoms with Gasteiger partial charge in [0.1, 0.15) is 0 Å². The number of anilines is 2. The molecule has 0 spiro atoms. The van der Waals surface area contributed by atoms with Crippen molar-refractivity contribution in [1.82, 2.24) is 0 Å². The van der Waals surface area contributed by atoms with Gasteiger partial charge in [-0.3, -0.25) is 0 Å². The van der Waals surface area contributed by atoms with Gasteiger partial charge >= 0.3 is 0 Å². The molecule has 1 N–H and O–H groups in total. The normalized spacial score (nSPS) is 14.8. The van der Waals surface area contributed by atoms with Gasteiger partial charge < -0.3 is 10.2 Å². The zero-order valence-corrected chi connectivity index (χ0v) is 9.31. The minimum Gasteiger partial charge on any atom is -0.382 e. The highest BCUT2D eigenvalue weighted by Crippen LogP contribution is 2.28. The van der Waals surface area contributed by atoms with E-state index < -0.39 is 0 Å². The number of hydrogen-bond donors (Lipinski definition) is 1. The van der Waals surface area contributed by atoms with Gasteiger partial charge in [-0.15, -0.1) is 0 Å². The molecule has 14 heavy (non-hydrogen) atoms. The molecule has 0 amide bonds. The van der Waals surface area contributed by atoms with Crippen molar-refractivity contribution in [1.29, 1.82) is 0 Å². The van der Waals surface area contributed by atoms with E-state index in [9.17, 15) is 0 Å². The highest BCUT2D eigenvalue weighted by molar-refractivity contribution is 7.98. The lowest BCUT2D eigenvalue weighted by Gasteiger charge is -2.31. The number of fused-ring (bicyclic) bond motifs is 1. The lowest BCUT2D eigenvalue weighted by molar-refractivity contribution is 0.820. The second kappa shape index (κ2) is 4.60. The van der Waals surface area contributed by atoms with Crippen molar-refractivity contribution < 1.29 is 0 Å². The number of hydrogen-bond acceptors (Lipinski definition) is 3. The van der Waals surface area contributed by atoms with Crippen LogP contribution in [-0.2, 0) is 0 Å². The first-order valence-electron chi connectivity index (χ1n) is 4.98. The molecule has 2 nitrogen and oxygen atoms in total. The Hall–Kier alpha value is -0.830. The molecule has 0 radical (unpaired) electrons. The van der Waals surface area contributed by atoms with Gasteiger partial charge in [-0.05, 0) is 18.4 Å². The molecule has 0 bridgehead atoms. The maximum Gasteiger partial charge on any atom is 0.0602 e. The third kappa shape index (κ3) is 1.98. The van der Waals surface area contributed by atoms with Crippen molar-refractivity contribution in [3.8, 4) is 0 Å². The van der Waals surface area contributed by atoms with Gasteiger partial charge in [0.05, 0.1) is 11.4 Å². The van der Waals surface area contributed by atoms with Gasteiger partial charge in [-0.1, -0.05) is 12.1 Å². The summed E-state index contributed by atoms with van der Waals surface area (Å²) in [5.74, 6) is 1.20. The highest BCUT2D eigenvalue weighted by atomic mass is 32.2. The van der Waals surface area contributed by atoms with Crippen LogP contribution in [0.15, 0.2) is 24.3 Å². The van der Waals surface area contributed by atoms with Crippen molar-refractivity contribution in [3.05, 3.63) is 24.3 Å². The number of thioether (sulfide) groups is 1. The Bertz CT molecular complexity index is 301. The molecule has 1 aromatic carbocycles. The fraction of sp³-hybridized carbons (Fsp3) is 0.455. The predicted molar refractivity (Wildman–Crippen MR) is 65.5 cm³/mol. The molecule has 1 aromatic rings. The topological polar surface area (TPSA) is 15.3 Å². The minimum absolute atomic E-state index is 1.06. The molecule has 76 valence electrons. The predicted octanol–water partition coefficient (Wildman–Crippen LogP) is 2.28. The summed E-state index contributed by atoms with van der Waals surface area (Å²) in [5, 5.41) is 3.42. The Balaban J connectivity index is 2.14. The fourth-order valence-corrected chi connectivity index (χ4v) is 2.18. The maximum absolute atomic E-state index is 3.42. The Morgan fingerprint density at radius 1 is 1.43 bits per heavy atom. The second-order valence-electron chi connectivity index (χ2n) is 3.42. The lowest BCUT2D eigenvalue weighted by Crippen LogP contribution is -2.35. The molecule has 0 unspecified atom stereocenters. The van der Waals surface area contributed by atoms with Crippen molar-refractivity contribution in [2.45, 2.75) is 0 Å². The monoisotopic (exact) mass is 208 g/mol. The molecule has 0 saturated carbocycles. The van der Waals surface area contributed by atoms with E-state index in [2.05, 4.69) is 40.7 Å². The number of benzene rings is 1. The van der Waals surface area contributed by atoms with E-state index in [-0.39, 0.29) is 0 Å². The smallest absolute Gasteiger partial charge is 0.0602 e. The molecule has 1 heterocycles. The summed E-state index contributed by atoms with van der Waals surface area (Å²) in [7, 11) is 0. The zero-order chi connectivity index (χ0) is 9.80. The van der Waals surface area contributed by atoms with Gasteiger partial charge in [0.2, 0.25) is 0 Å². The summed E-state index contributed by atoms with van der Waals surface area (Å²) in [4.78, 5) is 2.46. The van der Waals surface area contributed by atoms with E-state index in [1.54, 1.807) is 0 Å². The SMILES string of the molecule is CSCCN1CCNc2ccccc21. The molecule has 0 fully saturated rings. The average molecular weight is 208 g/mol. The van der Waals surface area contributed by atoms with E-state index in [0.29, 0.717) is 0 Å². The first kappa shape index (κ1) is 9.71. The molecular weight excluding hydrogens is 192 g/mol. The summed E-state index contributed by atoms with van der Waals surface area (Å²) in [6.45, 7) is 3.34. The third-order valence-corrected chi connectivity index (χ3v) is 3.10. The third-order valence-electron chi connectivity index (χ3n) is 2.51. The number of para-hydroxylation sites is 2. The van der Waals surface area contributed by atoms with E-state index in [4.69, 9.17) is 0 Å². The van der Waals surface area contributed by atoms with E-state index in [1.807, 2.05) is 11.8 Å². The van der Waals surface area contributed by atoms with Crippen LogP contribution in [-0.4, -0.2) is 31.6 Å². The second-order valence-corrected chi connectivity index (χ2v) is 4.41. The molecule has 1 aliphatic rings. The van der Waals surface area contributed by atoms with Gasteiger partial charge in [0.25, 0.3) is 0 Å². The molecule has 0 atom stereocenters. The molecule has 1 aliphatic heterocycles. The summed E-state index contributed by atoms with van der Waals surface area (Å²) in [6, 6.07) is 8.55. The molecule has 0 saturated heterocycles. The molecule has 3 heteroatoms. The first-order chi connectivity index (χ1) is 6.92. The summed E-state index contributed by atoms with van der Waals surface area (Å²) in [6.07, 6.45) is 2.16. The summed E-state index contributed by atoms with van der Waals surface area (Å²) in [5.41, 5.74) is 2.63. The van der Waals surface area contributed by atoms with Crippen LogP contribution in [0.25, 0.3) is 0 Å².